The summed E-state index contributed by atoms with van der Waals surface area (Å²) in [4.78, 5) is 15.2. The Morgan fingerprint density at radius 1 is 1.17 bits per heavy atom. The number of hydrogen-bond donors (Lipinski definition) is 0. The summed E-state index contributed by atoms with van der Waals surface area (Å²) in [6.07, 6.45) is 2.08. The lowest BCUT2D eigenvalue weighted by Gasteiger charge is -2.27. The van der Waals surface area contributed by atoms with Crippen LogP contribution in [0.2, 0.25) is 0 Å². The van der Waals surface area contributed by atoms with Gasteiger partial charge in [0.1, 0.15) is 12.3 Å². The molecule has 2 fully saturated rings. The summed E-state index contributed by atoms with van der Waals surface area (Å²) >= 11 is 1.76. The van der Waals surface area contributed by atoms with Gasteiger partial charge in [-0.25, -0.2) is 0 Å². The normalized spacial score (nSPS) is 25.5. The van der Waals surface area contributed by atoms with Crippen LogP contribution in [0.25, 0.3) is 0 Å². The number of hydrogen-bond acceptors (Lipinski definition) is 5. The first kappa shape index (κ1) is 21.4. The van der Waals surface area contributed by atoms with Crippen LogP contribution in [0.5, 0.6) is 0 Å². The van der Waals surface area contributed by atoms with E-state index in [9.17, 15) is 4.79 Å². The third-order valence-corrected chi connectivity index (χ3v) is 6.21. The molecular weight excluding hydrogens is 398 g/mol. The zero-order valence-corrected chi connectivity index (χ0v) is 18.3. The standard InChI is InChI=1S/C24H29NO4S/c1-17-8-10-19(11-9-17)22-23(29-22)24(26)25-20(16-28-21(25)12-13-30-2)15-27-14-18-6-4-3-5-7-18/h3-11,20-23H,12-16H2,1-2H3/t20-,21-,22-,23+/m0/s1. The molecule has 2 aliphatic rings. The SMILES string of the molecule is CSCC[C@@H]1OC[C@H](COCc2ccccc2)N1C(=O)[C@@H]1O[C@H]1c1ccc(C)cc1. The van der Waals surface area contributed by atoms with E-state index in [1.165, 1.54) is 5.56 Å². The average Bonchev–Trinajstić information content (AvgIpc) is 3.47. The van der Waals surface area contributed by atoms with Crippen LogP contribution in [0.3, 0.4) is 0 Å². The molecule has 2 aliphatic heterocycles. The Morgan fingerprint density at radius 2 is 1.93 bits per heavy atom. The van der Waals surface area contributed by atoms with Crippen molar-refractivity contribution in [3.8, 4) is 0 Å². The third kappa shape index (κ3) is 5.06. The summed E-state index contributed by atoms with van der Waals surface area (Å²) < 4.78 is 17.7. The van der Waals surface area contributed by atoms with Gasteiger partial charge < -0.3 is 19.1 Å². The second-order valence-electron chi connectivity index (χ2n) is 7.86. The van der Waals surface area contributed by atoms with E-state index in [0.717, 1.165) is 23.3 Å². The first-order valence-corrected chi connectivity index (χ1v) is 11.8. The third-order valence-electron chi connectivity index (χ3n) is 5.57. The number of aryl methyl sites for hydroxylation is 1. The van der Waals surface area contributed by atoms with Gasteiger partial charge in [-0.05, 0) is 30.1 Å². The Morgan fingerprint density at radius 3 is 2.67 bits per heavy atom. The van der Waals surface area contributed by atoms with Crippen molar-refractivity contribution in [3.05, 3.63) is 71.3 Å². The predicted molar refractivity (Wildman–Crippen MR) is 118 cm³/mol. The van der Waals surface area contributed by atoms with E-state index in [1.54, 1.807) is 11.8 Å². The lowest BCUT2D eigenvalue weighted by molar-refractivity contribution is -0.140. The van der Waals surface area contributed by atoms with Crippen molar-refractivity contribution < 1.29 is 19.0 Å². The van der Waals surface area contributed by atoms with Gasteiger partial charge in [0, 0.05) is 6.42 Å². The van der Waals surface area contributed by atoms with Gasteiger partial charge >= 0.3 is 0 Å². The molecule has 5 nitrogen and oxygen atoms in total. The molecule has 2 aromatic rings. The molecule has 2 heterocycles. The van der Waals surface area contributed by atoms with Crippen LogP contribution < -0.4 is 0 Å². The van der Waals surface area contributed by atoms with E-state index < -0.39 is 6.10 Å². The second-order valence-corrected chi connectivity index (χ2v) is 8.84. The number of benzene rings is 2. The van der Waals surface area contributed by atoms with Crippen LogP contribution in [0.15, 0.2) is 54.6 Å². The lowest BCUT2D eigenvalue weighted by atomic mass is 10.1. The Hall–Kier alpha value is -1.86. The smallest absolute Gasteiger partial charge is 0.257 e. The van der Waals surface area contributed by atoms with Crippen LogP contribution in [0.4, 0.5) is 0 Å². The molecule has 0 radical (unpaired) electrons. The summed E-state index contributed by atoms with van der Waals surface area (Å²) in [5, 5.41) is 0. The zero-order chi connectivity index (χ0) is 20.9. The van der Waals surface area contributed by atoms with Crippen LogP contribution in [0, 0.1) is 6.92 Å². The van der Waals surface area contributed by atoms with Gasteiger partial charge in [0.2, 0.25) is 0 Å². The fraction of sp³-hybridized carbons (Fsp3) is 0.458. The molecule has 0 N–H and O–H groups in total. The predicted octanol–water partition coefficient (Wildman–Crippen LogP) is 3.96. The monoisotopic (exact) mass is 427 g/mol. The number of carbonyl (C=O) groups excluding carboxylic acids is 1. The molecule has 4 atom stereocenters. The summed E-state index contributed by atoms with van der Waals surface area (Å²) in [6, 6.07) is 18.2. The molecule has 30 heavy (non-hydrogen) atoms. The van der Waals surface area contributed by atoms with E-state index in [2.05, 4.69) is 25.3 Å². The first-order valence-electron chi connectivity index (χ1n) is 10.4. The second kappa shape index (κ2) is 9.96. The van der Waals surface area contributed by atoms with Crippen LogP contribution in [0.1, 0.15) is 29.2 Å². The molecule has 0 bridgehead atoms. The number of amides is 1. The molecule has 0 unspecified atom stereocenters. The molecule has 6 heteroatoms. The van der Waals surface area contributed by atoms with Gasteiger partial charge in [-0.15, -0.1) is 0 Å². The highest BCUT2D eigenvalue weighted by Crippen LogP contribution is 2.41. The molecule has 4 rings (SSSR count). The van der Waals surface area contributed by atoms with E-state index in [1.807, 2.05) is 47.4 Å². The molecule has 0 saturated carbocycles. The maximum absolute atomic E-state index is 13.3. The van der Waals surface area contributed by atoms with Crippen molar-refractivity contribution in [2.45, 2.75) is 44.4 Å². The van der Waals surface area contributed by atoms with E-state index in [4.69, 9.17) is 14.2 Å². The van der Waals surface area contributed by atoms with Crippen LogP contribution >= 0.6 is 11.8 Å². The van der Waals surface area contributed by atoms with E-state index in [0.29, 0.717) is 19.8 Å². The quantitative estimate of drug-likeness (QED) is 0.567. The minimum Gasteiger partial charge on any atom is -0.375 e. The Kier molecular flexibility index (Phi) is 7.10. The summed E-state index contributed by atoms with van der Waals surface area (Å²) in [6.45, 7) is 3.54. The molecule has 0 aliphatic carbocycles. The minimum absolute atomic E-state index is 0.0116. The Labute approximate surface area is 182 Å². The highest BCUT2D eigenvalue weighted by atomic mass is 32.2. The first-order chi connectivity index (χ1) is 14.7. The van der Waals surface area contributed by atoms with Crippen molar-refractivity contribution in [1.82, 2.24) is 4.90 Å². The lowest BCUT2D eigenvalue weighted by Crippen LogP contribution is -2.46. The fourth-order valence-corrected chi connectivity index (χ4v) is 4.29. The van der Waals surface area contributed by atoms with Gasteiger partial charge in [-0.1, -0.05) is 60.2 Å². The average molecular weight is 428 g/mol. The van der Waals surface area contributed by atoms with Gasteiger partial charge in [-0.2, -0.15) is 11.8 Å². The van der Waals surface area contributed by atoms with Gasteiger partial charge in [0.05, 0.1) is 25.9 Å². The van der Waals surface area contributed by atoms with Gasteiger partial charge in [-0.3, -0.25) is 4.79 Å². The number of thioether (sulfide) groups is 1. The van der Waals surface area contributed by atoms with Gasteiger partial charge in [0.25, 0.3) is 5.91 Å². The number of nitrogens with zero attached hydrogens (tertiary/aromatic N) is 1. The van der Waals surface area contributed by atoms with Crippen LogP contribution in [-0.4, -0.2) is 54.4 Å². The Bertz CT molecular complexity index is 829. The van der Waals surface area contributed by atoms with Crippen LogP contribution in [-0.2, 0) is 25.6 Å². The highest BCUT2D eigenvalue weighted by Gasteiger charge is 2.51. The van der Waals surface area contributed by atoms with E-state index in [-0.39, 0.29) is 24.3 Å². The largest absolute Gasteiger partial charge is 0.375 e. The molecule has 2 saturated heterocycles. The van der Waals surface area contributed by atoms with Crippen molar-refractivity contribution in [1.29, 1.82) is 0 Å². The zero-order valence-electron chi connectivity index (χ0n) is 17.5. The number of carbonyl (C=O) groups is 1. The summed E-state index contributed by atoms with van der Waals surface area (Å²) in [7, 11) is 0. The van der Waals surface area contributed by atoms with Crippen molar-refractivity contribution in [2.24, 2.45) is 0 Å². The molecule has 2 aromatic carbocycles. The maximum atomic E-state index is 13.3. The molecule has 160 valence electrons. The minimum atomic E-state index is -0.428. The molecule has 1 amide bonds. The molecule has 0 aromatic heterocycles. The van der Waals surface area contributed by atoms with Crippen molar-refractivity contribution in [3.63, 3.8) is 0 Å². The Balaban J connectivity index is 1.39. The molecular formula is C24H29NO4S. The van der Waals surface area contributed by atoms with E-state index >= 15 is 0 Å². The summed E-state index contributed by atoms with van der Waals surface area (Å²) in [5.74, 6) is 0.955. The van der Waals surface area contributed by atoms with Crippen molar-refractivity contribution >= 4 is 17.7 Å². The topological polar surface area (TPSA) is 51.3 Å². The number of rotatable bonds is 9. The highest BCUT2D eigenvalue weighted by molar-refractivity contribution is 7.98. The maximum Gasteiger partial charge on any atom is 0.257 e. The fourth-order valence-electron chi connectivity index (χ4n) is 3.85. The number of epoxide rings is 1. The van der Waals surface area contributed by atoms with Crippen molar-refractivity contribution in [2.75, 3.05) is 25.2 Å². The summed E-state index contributed by atoms with van der Waals surface area (Å²) in [5.41, 5.74) is 3.37. The van der Waals surface area contributed by atoms with Gasteiger partial charge in [0.15, 0.2) is 6.10 Å². The molecule has 0 spiro atoms. The number of ether oxygens (including phenoxy) is 3.